The summed E-state index contributed by atoms with van der Waals surface area (Å²) in [5.41, 5.74) is 7.53. The highest BCUT2D eigenvalue weighted by molar-refractivity contribution is 7.80. The second-order valence-corrected chi connectivity index (χ2v) is 4.26. The van der Waals surface area contributed by atoms with E-state index in [0.717, 1.165) is 25.8 Å². The summed E-state index contributed by atoms with van der Waals surface area (Å²) in [6, 6.07) is 3.82. The summed E-state index contributed by atoms with van der Waals surface area (Å²) in [5.74, 6) is 0. The van der Waals surface area contributed by atoms with Crippen LogP contribution >= 0.6 is 24.0 Å². The van der Waals surface area contributed by atoms with Crippen LogP contribution in [0.5, 0.6) is 0 Å². The molecule has 0 amide bonds. The molecular weight excluding hydrogens is 188 g/mol. The number of fused-ring (bicyclic) bond motifs is 1. The molecule has 2 aromatic rings. The first kappa shape index (κ1) is 7.89. The molecule has 0 saturated carbocycles. The van der Waals surface area contributed by atoms with Gasteiger partial charge in [0.25, 0.3) is 0 Å². The van der Waals surface area contributed by atoms with Crippen molar-refractivity contribution < 1.29 is 0 Å². The Balaban J connectivity index is 2.89. The number of hydrogen-bond acceptors (Lipinski definition) is 4. The molecule has 0 unspecified atom stereocenters. The van der Waals surface area contributed by atoms with Crippen molar-refractivity contribution in [2.75, 3.05) is 5.73 Å². The van der Waals surface area contributed by atoms with Crippen LogP contribution in [0.3, 0.4) is 0 Å². The van der Waals surface area contributed by atoms with Crippen LogP contribution in [-0.4, -0.2) is 4.98 Å². The molecule has 1 aromatic heterocycles. The van der Waals surface area contributed by atoms with Crippen molar-refractivity contribution in [3.8, 4) is 0 Å². The average Bonchev–Trinajstić information content (AvgIpc) is 2.39. The Labute approximate surface area is 79.8 Å². The van der Waals surface area contributed by atoms with Crippen LogP contribution in [0.1, 0.15) is 5.01 Å². The van der Waals surface area contributed by atoms with Gasteiger partial charge in [-0.05, 0) is 19.1 Å². The van der Waals surface area contributed by atoms with E-state index >= 15 is 0 Å². The molecule has 1 heterocycles. The topological polar surface area (TPSA) is 38.9 Å². The third-order valence-electron chi connectivity index (χ3n) is 1.68. The molecule has 0 bridgehead atoms. The molecule has 12 heavy (non-hydrogen) atoms. The maximum atomic E-state index is 5.83. The summed E-state index contributed by atoms with van der Waals surface area (Å²) >= 11 is 5.84. The number of anilines is 1. The van der Waals surface area contributed by atoms with Crippen molar-refractivity contribution >= 4 is 39.9 Å². The van der Waals surface area contributed by atoms with E-state index in [2.05, 4.69) is 17.6 Å². The van der Waals surface area contributed by atoms with Crippen LogP contribution in [0.25, 0.3) is 10.2 Å². The third-order valence-corrected chi connectivity index (χ3v) is 3.09. The maximum absolute atomic E-state index is 5.83. The summed E-state index contributed by atoms with van der Waals surface area (Å²) in [7, 11) is 0. The van der Waals surface area contributed by atoms with Crippen LogP contribution in [0, 0.1) is 6.92 Å². The Bertz CT molecular complexity index is 434. The number of aryl methyl sites for hydroxylation is 1. The van der Waals surface area contributed by atoms with Gasteiger partial charge in [-0.3, -0.25) is 0 Å². The summed E-state index contributed by atoms with van der Waals surface area (Å²) in [6.07, 6.45) is 0. The minimum absolute atomic E-state index is 0.737. The van der Waals surface area contributed by atoms with Crippen molar-refractivity contribution in [3.05, 3.63) is 17.1 Å². The quantitative estimate of drug-likeness (QED) is 0.502. The summed E-state index contributed by atoms with van der Waals surface area (Å²) in [6.45, 7) is 1.97. The second kappa shape index (κ2) is 2.64. The van der Waals surface area contributed by atoms with Crippen molar-refractivity contribution in [2.24, 2.45) is 0 Å². The minimum atomic E-state index is 0.737. The first-order valence-corrected chi connectivity index (χ1v) is 4.79. The molecule has 2 N–H and O–H groups in total. The molecule has 0 atom stereocenters. The lowest BCUT2D eigenvalue weighted by molar-refractivity contribution is 1.34. The Morgan fingerprint density at radius 1 is 1.50 bits per heavy atom. The van der Waals surface area contributed by atoms with Gasteiger partial charge in [0.2, 0.25) is 0 Å². The van der Waals surface area contributed by atoms with Gasteiger partial charge < -0.3 is 5.73 Å². The fourth-order valence-electron chi connectivity index (χ4n) is 1.11. The van der Waals surface area contributed by atoms with E-state index in [9.17, 15) is 0 Å². The average molecular weight is 196 g/mol. The lowest BCUT2D eigenvalue weighted by Gasteiger charge is -1.97. The van der Waals surface area contributed by atoms with Gasteiger partial charge in [0.05, 0.1) is 20.9 Å². The van der Waals surface area contributed by atoms with Crippen LogP contribution < -0.4 is 5.73 Å². The Morgan fingerprint density at radius 2 is 2.25 bits per heavy atom. The highest BCUT2D eigenvalue weighted by Crippen LogP contribution is 2.31. The SMILES string of the molecule is Cc1nc2ccc(S)c(N)c2s1. The first-order valence-electron chi connectivity index (χ1n) is 3.53. The van der Waals surface area contributed by atoms with Gasteiger partial charge in [0.15, 0.2) is 0 Å². The zero-order valence-corrected chi connectivity index (χ0v) is 8.25. The Hall–Kier alpha value is -0.740. The van der Waals surface area contributed by atoms with Crippen LogP contribution in [-0.2, 0) is 0 Å². The molecule has 0 aliphatic carbocycles. The van der Waals surface area contributed by atoms with E-state index in [4.69, 9.17) is 5.73 Å². The molecule has 4 heteroatoms. The first-order chi connectivity index (χ1) is 5.68. The second-order valence-electron chi connectivity index (χ2n) is 2.58. The standard InChI is InChI=1S/C8H8N2S2/c1-4-10-5-2-3-6(11)7(9)8(5)12-4/h2-3,11H,9H2,1H3. The van der Waals surface area contributed by atoms with E-state index in [-0.39, 0.29) is 0 Å². The van der Waals surface area contributed by atoms with Crippen LogP contribution in [0.15, 0.2) is 17.0 Å². The molecule has 2 rings (SSSR count). The van der Waals surface area contributed by atoms with Crippen molar-refractivity contribution in [3.63, 3.8) is 0 Å². The van der Waals surface area contributed by atoms with Gasteiger partial charge >= 0.3 is 0 Å². The molecule has 0 spiro atoms. The number of nitrogen functional groups attached to an aromatic ring is 1. The number of aromatic nitrogens is 1. The number of rotatable bonds is 0. The molecule has 62 valence electrons. The zero-order valence-electron chi connectivity index (χ0n) is 6.53. The van der Waals surface area contributed by atoms with Crippen molar-refractivity contribution in [1.29, 1.82) is 0 Å². The summed E-state index contributed by atoms with van der Waals surface area (Å²) < 4.78 is 1.04. The van der Waals surface area contributed by atoms with Crippen molar-refractivity contribution in [1.82, 2.24) is 4.98 Å². The molecule has 0 aliphatic rings. The minimum Gasteiger partial charge on any atom is -0.397 e. The lowest BCUT2D eigenvalue weighted by atomic mass is 10.3. The van der Waals surface area contributed by atoms with Gasteiger partial charge in [0, 0.05) is 4.90 Å². The van der Waals surface area contributed by atoms with Gasteiger partial charge in [-0.2, -0.15) is 0 Å². The molecule has 0 fully saturated rings. The Kier molecular flexibility index (Phi) is 1.73. The van der Waals surface area contributed by atoms with Crippen LogP contribution in [0.2, 0.25) is 0 Å². The van der Waals surface area contributed by atoms with Gasteiger partial charge in [-0.25, -0.2) is 4.98 Å². The van der Waals surface area contributed by atoms with E-state index in [1.807, 2.05) is 19.1 Å². The number of nitrogens with zero attached hydrogens (tertiary/aromatic N) is 1. The molecule has 0 radical (unpaired) electrons. The van der Waals surface area contributed by atoms with Crippen LogP contribution in [0.4, 0.5) is 5.69 Å². The van der Waals surface area contributed by atoms with E-state index in [1.165, 1.54) is 0 Å². The molecule has 1 aromatic carbocycles. The normalized spacial score (nSPS) is 10.8. The zero-order chi connectivity index (χ0) is 8.72. The maximum Gasteiger partial charge on any atom is 0.0908 e. The summed E-state index contributed by atoms with van der Waals surface area (Å²) in [5, 5.41) is 1.04. The Morgan fingerprint density at radius 3 is 3.00 bits per heavy atom. The fourth-order valence-corrected chi connectivity index (χ4v) is 2.25. The van der Waals surface area contributed by atoms with Gasteiger partial charge in [-0.1, -0.05) is 0 Å². The highest BCUT2D eigenvalue weighted by Gasteiger charge is 2.05. The molecule has 0 saturated heterocycles. The fraction of sp³-hybridized carbons (Fsp3) is 0.125. The van der Waals surface area contributed by atoms with E-state index in [1.54, 1.807) is 11.3 Å². The number of nitrogens with two attached hydrogens (primary N) is 1. The molecule has 0 aliphatic heterocycles. The third kappa shape index (κ3) is 1.07. The van der Waals surface area contributed by atoms with E-state index < -0.39 is 0 Å². The lowest BCUT2D eigenvalue weighted by Crippen LogP contribution is -1.86. The monoisotopic (exact) mass is 196 g/mol. The number of thiol groups is 1. The smallest absolute Gasteiger partial charge is 0.0908 e. The van der Waals surface area contributed by atoms with Gasteiger partial charge in [0.1, 0.15) is 0 Å². The van der Waals surface area contributed by atoms with E-state index in [0.29, 0.717) is 0 Å². The predicted octanol–water partition coefficient (Wildman–Crippen LogP) is 2.48. The number of hydrogen-bond donors (Lipinski definition) is 2. The van der Waals surface area contributed by atoms with Gasteiger partial charge in [-0.15, -0.1) is 24.0 Å². The predicted molar refractivity (Wildman–Crippen MR) is 56.0 cm³/mol. The molecular formula is C8H8N2S2. The van der Waals surface area contributed by atoms with Crippen molar-refractivity contribution in [2.45, 2.75) is 11.8 Å². The number of thiazole rings is 1. The highest BCUT2D eigenvalue weighted by atomic mass is 32.1. The summed E-state index contributed by atoms with van der Waals surface area (Å²) in [4.78, 5) is 5.14. The molecule has 2 nitrogen and oxygen atoms in total. The number of benzene rings is 1. The largest absolute Gasteiger partial charge is 0.397 e.